The maximum absolute atomic E-state index is 6.20. The number of nitrogens with one attached hydrogen (secondary N) is 1. The number of hydrogen-bond donors (Lipinski definition) is 1. The van der Waals surface area contributed by atoms with Crippen LogP contribution in [0.25, 0.3) is 0 Å². The second-order valence-corrected chi connectivity index (χ2v) is 6.40. The summed E-state index contributed by atoms with van der Waals surface area (Å²) >= 11 is 0. The van der Waals surface area contributed by atoms with Crippen molar-refractivity contribution >= 4 is 0 Å². The Morgan fingerprint density at radius 1 is 1.29 bits per heavy atom. The lowest BCUT2D eigenvalue weighted by Crippen LogP contribution is -2.30. The summed E-state index contributed by atoms with van der Waals surface area (Å²) in [5.41, 5.74) is 1.27. The first kappa shape index (κ1) is 16.5. The van der Waals surface area contributed by atoms with E-state index in [9.17, 15) is 0 Å². The molecule has 0 radical (unpaired) electrons. The zero-order chi connectivity index (χ0) is 15.1. The lowest BCUT2D eigenvalue weighted by molar-refractivity contribution is 0.0403. The van der Waals surface area contributed by atoms with Crippen molar-refractivity contribution in [3.63, 3.8) is 0 Å². The summed E-state index contributed by atoms with van der Waals surface area (Å²) in [6.45, 7) is 7.31. The van der Waals surface area contributed by atoms with Crippen LogP contribution >= 0.6 is 0 Å². The Balaban J connectivity index is 1.83. The van der Waals surface area contributed by atoms with E-state index in [1.165, 1.54) is 24.9 Å². The molecule has 1 aromatic carbocycles. The average molecular weight is 290 g/mol. The van der Waals surface area contributed by atoms with E-state index < -0.39 is 0 Å². The second-order valence-electron chi connectivity index (χ2n) is 6.40. The Bertz CT molecular complexity index is 393. The molecule has 1 aromatic rings. The van der Waals surface area contributed by atoms with Gasteiger partial charge in [0.05, 0.1) is 6.10 Å². The maximum atomic E-state index is 6.20. The summed E-state index contributed by atoms with van der Waals surface area (Å²) in [6.07, 6.45) is 3.94. The van der Waals surface area contributed by atoms with Gasteiger partial charge in [-0.1, -0.05) is 44.2 Å². The van der Waals surface area contributed by atoms with E-state index in [-0.39, 0.29) is 6.10 Å². The highest BCUT2D eigenvalue weighted by molar-refractivity contribution is 5.17. The molecule has 0 saturated carbocycles. The molecular formula is C18H30N2O. The van der Waals surface area contributed by atoms with Crippen molar-refractivity contribution < 1.29 is 4.74 Å². The zero-order valence-electron chi connectivity index (χ0n) is 13.7. The fraction of sp³-hybridized carbons (Fsp3) is 0.667. The van der Waals surface area contributed by atoms with Gasteiger partial charge in [0.2, 0.25) is 0 Å². The molecule has 1 fully saturated rings. The third kappa shape index (κ3) is 5.42. The molecule has 2 atom stereocenters. The van der Waals surface area contributed by atoms with Gasteiger partial charge in [-0.3, -0.25) is 0 Å². The van der Waals surface area contributed by atoms with E-state index in [0.29, 0.717) is 12.1 Å². The number of hydrogen-bond acceptors (Lipinski definition) is 3. The smallest absolute Gasteiger partial charge is 0.0949 e. The fourth-order valence-electron chi connectivity index (χ4n) is 2.97. The van der Waals surface area contributed by atoms with Crippen molar-refractivity contribution in [3.05, 3.63) is 35.9 Å². The summed E-state index contributed by atoms with van der Waals surface area (Å²) < 4.78 is 6.20. The van der Waals surface area contributed by atoms with Crippen molar-refractivity contribution in [1.29, 1.82) is 0 Å². The second kappa shape index (κ2) is 8.52. The topological polar surface area (TPSA) is 24.5 Å². The van der Waals surface area contributed by atoms with Crippen molar-refractivity contribution in [2.45, 2.75) is 51.3 Å². The summed E-state index contributed by atoms with van der Waals surface area (Å²) in [5, 5.41) is 3.50. The zero-order valence-corrected chi connectivity index (χ0v) is 13.7. The highest BCUT2D eigenvalue weighted by atomic mass is 16.5. The molecule has 1 N–H and O–H groups in total. The van der Waals surface area contributed by atoms with E-state index in [1.54, 1.807) is 0 Å². The molecule has 1 aliphatic heterocycles. The molecule has 1 saturated heterocycles. The lowest BCUT2D eigenvalue weighted by Gasteiger charge is -2.23. The van der Waals surface area contributed by atoms with Crippen molar-refractivity contribution in [1.82, 2.24) is 10.2 Å². The Hall–Kier alpha value is -0.900. The van der Waals surface area contributed by atoms with Crippen molar-refractivity contribution in [2.75, 3.05) is 26.7 Å². The van der Waals surface area contributed by atoms with E-state index >= 15 is 0 Å². The minimum absolute atomic E-state index is 0.153. The Labute approximate surface area is 129 Å². The minimum Gasteiger partial charge on any atom is -0.372 e. The van der Waals surface area contributed by atoms with Crippen molar-refractivity contribution in [3.8, 4) is 0 Å². The van der Waals surface area contributed by atoms with Crippen LogP contribution in [0.1, 0.15) is 44.8 Å². The predicted molar refractivity (Wildman–Crippen MR) is 88.5 cm³/mol. The van der Waals surface area contributed by atoms with Crippen LogP contribution in [-0.4, -0.2) is 43.7 Å². The molecule has 0 spiro atoms. The molecule has 1 aliphatic rings. The molecule has 118 valence electrons. The molecular weight excluding hydrogens is 260 g/mol. The normalized spacial score (nSPS) is 21.0. The number of benzene rings is 1. The van der Waals surface area contributed by atoms with Crippen LogP contribution in [0.4, 0.5) is 0 Å². The highest BCUT2D eigenvalue weighted by Crippen LogP contribution is 2.21. The molecule has 0 aliphatic carbocycles. The van der Waals surface area contributed by atoms with Gasteiger partial charge < -0.3 is 15.0 Å². The minimum atomic E-state index is 0.153. The standard InChI is InChI=1S/C18H30N2O/c1-15(2)19-14-18(16-8-5-4-6-9-16)21-13-11-17-10-7-12-20(17)3/h4-6,8-9,15,17-19H,7,10-14H2,1-3H3. The Kier molecular flexibility index (Phi) is 6.68. The number of likely N-dealkylation sites (tertiary alicyclic amines) is 1. The van der Waals surface area contributed by atoms with Crippen LogP contribution < -0.4 is 5.32 Å². The number of nitrogens with zero attached hydrogens (tertiary/aromatic N) is 1. The lowest BCUT2D eigenvalue weighted by atomic mass is 10.1. The van der Waals surface area contributed by atoms with E-state index in [2.05, 4.69) is 61.4 Å². The van der Waals surface area contributed by atoms with Crippen LogP contribution in [0.5, 0.6) is 0 Å². The summed E-state index contributed by atoms with van der Waals surface area (Å²) in [7, 11) is 2.23. The van der Waals surface area contributed by atoms with Gasteiger partial charge in [-0.05, 0) is 38.4 Å². The van der Waals surface area contributed by atoms with Gasteiger partial charge in [0, 0.05) is 25.2 Å². The number of rotatable bonds is 8. The van der Waals surface area contributed by atoms with Crippen LogP contribution in [0.15, 0.2) is 30.3 Å². The van der Waals surface area contributed by atoms with Gasteiger partial charge >= 0.3 is 0 Å². The van der Waals surface area contributed by atoms with Gasteiger partial charge in [0.1, 0.15) is 0 Å². The van der Waals surface area contributed by atoms with Crippen LogP contribution in [0, 0.1) is 0 Å². The van der Waals surface area contributed by atoms with Gasteiger partial charge in [-0.2, -0.15) is 0 Å². The van der Waals surface area contributed by atoms with Crippen LogP contribution in [-0.2, 0) is 4.74 Å². The number of ether oxygens (including phenoxy) is 1. The molecule has 0 bridgehead atoms. The first-order chi connectivity index (χ1) is 10.2. The molecule has 2 rings (SSSR count). The Morgan fingerprint density at radius 3 is 2.67 bits per heavy atom. The Morgan fingerprint density at radius 2 is 2.05 bits per heavy atom. The van der Waals surface area contributed by atoms with Gasteiger partial charge in [-0.25, -0.2) is 0 Å². The predicted octanol–water partition coefficient (Wildman–Crippen LogP) is 3.23. The summed E-state index contributed by atoms with van der Waals surface area (Å²) in [6, 6.07) is 11.8. The average Bonchev–Trinajstić information content (AvgIpc) is 2.89. The maximum Gasteiger partial charge on any atom is 0.0949 e. The van der Waals surface area contributed by atoms with Gasteiger partial charge in [0.15, 0.2) is 0 Å². The van der Waals surface area contributed by atoms with Crippen LogP contribution in [0.3, 0.4) is 0 Å². The molecule has 21 heavy (non-hydrogen) atoms. The largest absolute Gasteiger partial charge is 0.372 e. The van der Waals surface area contributed by atoms with E-state index in [4.69, 9.17) is 4.74 Å². The van der Waals surface area contributed by atoms with Crippen molar-refractivity contribution in [2.24, 2.45) is 0 Å². The third-order valence-electron chi connectivity index (χ3n) is 4.32. The first-order valence-electron chi connectivity index (χ1n) is 8.27. The molecule has 3 heteroatoms. The third-order valence-corrected chi connectivity index (χ3v) is 4.32. The summed E-state index contributed by atoms with van der Waals surface area (Å²) in [5.74, 6) is 0. The van der Waals surface area contributed by atoms with E-state index in [0.717, 1.165) is 19.6 Å². The van der Waals surface area contributed by atoms with Crippen LogP contribution in [0.2, 0.25) is 0 Å². The van der Waals surface area contributed by atoms with E-state index in [1.807, 2.05) is 0 Å². The molecule has 2 unspecified atom stereocenters. The molecule has 1 heterocycles. The molecule has 0 amide bonds. The SMILES string of the molecule is CC(C)NCC(OCCC1CCCN1C)c1ccccc1. The first-order valence-corrected chi connectivity index (χ1v) is 8.27. The quantitative estimate of drug-likeness (QED) is 0.795. The monoisotopic (exact) mass is 290 g/mol. The highest BCUT2D eigenvalue weighted by Gasteiger charge is 2.21. The fourth-order valence-corrected chi connectivity index (χ4v) is 2.97. The van der Waals surface area contributed by atoms with Gasteiger partial charge in [0.25, 0.3) is 0 Å². The van der Waals surface area contributed by atoms with Gasteiger partial charge in [-0.15, -0.1) is 0 Å². The molecule has 0 aromatic heterocycles. The summed E-state index contributed by atoms with van der Waals surface area (Å²) in [4.78, 5) is 2.47. The molecule has 3 nitrogen and oxygen atoms in total.